The molecule has 0 saturated carbocycles. The van der Waals surface area contributed by atoms with Crippen molar-refractivity contribution in [1.82, 2.24) is 5.32 Å². The Hall–Kier alpha value is -2.37. The predicted octanol–water partition coefficient (Wildman–Crippen LogP) is 4.01. The molecule has 0 unspecified atom stereocenters. The van der Waals surface area contributed by atoms with E-state index < -0.39 is 6.10 Å². The highest BCUT2D eigenvalue weighted by molar-refractivity contribution is 6.30. The number of halogens is 1. The molecule has 0 bridgehead atoms. The zero-order chi connectivity index (χ0) is 21.1. The minimum absolute atomic E-state index is 0.0395. The summed E-state index contributed by atoms with van der Waals surface area (Å²) in [5, 5.41) is 13.3. The molecule has 2 N–H and O–H groups in total. The molecule has 0 radical (unpaired) electrons. The Bertz CT molecular complexity index is 785. The number of ketones is 1. The van der Waals surface area contributed by atoms with Gasteiger partial charge in [0.05, 0.1) is 0 Å². The third-order valence-corrected chi connectivity index (χ3v) is 4.88. The molecule has 6 heteroatoms. The number of amides is 1. The number of aliphatic hydroxyl groups is 1. The number of Topliss-reactive ketones (excluding diaryl/α,β-unsaturated/α-hetero) is 1. The van der Waals surface area contributed by atoms with Gasteiger partial charge in [0, 0.05) is 30.8 Å². The summed E-state index contributed by atoms with van der Waals surface area (Å²) in [5.41, 5.74) is 0.923. The molecule has 1 aliphatic carbocycles. The molecule has 156 valence electrons. The van der Waals surface area contributed by atoms with Gasteiger partial charge >= 0.3 is 0 Å². The lowest BCUT2D eigenvalue weighted by atomic mass is 9.95. The number of benzene rings is 1. The first-order chi connectivity index (χ1) is 14.0. The molecule has 0 aromatic heterocycles. The fourth-order valence-electron chi connectivity index (χ4n) is 3.01. The summed E-state index contributed by atoms with van der Waals surface area (Å²) in [4.78, 5) is 23.3. The Morgan fingerprint density at radius 3 is 3.00 bits per heavy atom. The van der Waals surface area contributed by atoms with Crippen molar-refractivity contribution >= 4 is 23.3 Å². The van der Waals surface area contributed by atoms with Crippen LogP contribution in [-0.4, -0.2) is 36.6 Å². The zero-order valence-corrected chi connectivity index (χ0v) is 17.4. The van der Waals surface area contributed by atoms with Crippen LogP contribution < -0.4 is 10.1 Å². The van der Waals surface area contributed by atoms with Crippen LogP contribution in [-0.2, 0) is 9.59 Å². The SMILES string of the molecule is CNC(=O)CCC/C=C\C[C@H]1C(=O)CC=C1/C=C/[C@@H](O)COc1cccc(Cl)c1. The van der Waals surface area contributed by atoms with Crippen molar-refractivity contribution in [1.29, 1.82) is 0 Å². The van der Waals surface area contributed by atoms with Crippen molar-refractivity contribution in [2.75, 3.05) is 13.7 Å². The van der Waals surface area contributed by atoms with E-state index in [0.717, 1.165) is 18.4 Å². The van der Waals surface area contributed by atoms with Crippen molar-refractivity contribution in [2.45, 2.75) is 38.2 Å². The second-order valence-electron chi connectivity index (χ2n) is 6.89. The molecule has 2 rings (SSSR count). The number of hydrogen-bond acceptors (Lipinski definition) is 4. The Balaban J connectivity index is 1.77. The Morgan fingerprint density at radius 2 is 2.24 bits per heavy atom. The first kappa shape index (κ1) is 22.9. The van der Waals surface area contributed by atoms with E-state index >= 15 is 0 Å². The lowest BCUT2D eigenvalue weighted by Crippen LogP contribution is -2.16. The van der Waals surface area contributed by atoms with Crippen molar-refractivity contribution < 1.29 is 19.4 Å². The highest BCUT2D eigenvalue weighted by Gasteiger charge is 2.24. The summed E-state index contributed by atoms with van der Waals surface area (Å²) in [6, 6.07) is 7.00. The van der Waals surface area contributed by atoms with Crippen LogP contribution in [0.1, 0.15) is 32.1 Å². The molecule has 5 nitrogen and oxygen atoms in total. The molecule has 0 fully saturated rings. The normalized spacial score (nSPS) is 17.7. The summed E-state index contributed by atoms with van der Waals surface area (Å²) >= 11 is 5.91. The summed E-state index contributed by atoms with van der Waals surface area (Å²) in [5.74, 6) is 0.643. The van der Waals surface area contributed by atoms with Crippen LogP contribution in [0.5, 0.6) is 5.75 Å². The van der Waals surface area contributed by atoms with E-state index in [9.17, 15) is 14.7 Å². The van der Waals surface area contributed by atoms with E-state index in [2.05, 4.69) is 5.32 Å². The van der Waals surface area contributed by atoms with Crippen LogP contribution in [0, 0.1) is 5.92 Å². The van der Waals surface area contributed by atoms with Gasteiger partial charge in [0.2, 0.25) is 5.91 Å². The standard InChI is InChI=1S/C23H28ClNO4/c1-25-23(28)10-5-3-2-4-9-21-17(12-14-22(21)27)11-13-19(26)16-29-20-8-6-7-18(24)15-20/h2,4,6-8,11-13,15,19,21,26H,3,5,9-10,14,16H2,1H3,(H,25,28)/b4-2-,13-11+/t19-,21-/m1/s1. The van der Waals surface area contributed by atoms with E-state index in [0.29, 0.717) is 30.0 Å². The third-order valence-electron chi connectivity index (χ3n) is 4.65. The van der Waals surface area contributed by atoms with Gasteiger partial charge in [0.15, 0.2) is 0 Å². The van der Waals surface area contributed by atoms with E-state index in [1.807, 2.05) is 18.2 Å². The quantitative estimate of drug-likeness (QED) is 0.421. The Labute approximate surface area is 177 Å². The molecular weight excluding hydrogens is 390 g/mol. The lowest BCUT2D eigenvalue weighted by molar-refractivity contribution is -0.121. The lowest BCUT2D eigenvalue weighted by Gasteiger charge is -2.11. The number of hydrogen-bond donors (Lipinski definition) is 2. The summed E-state index contributed by atoms with van der Waals surface area (Å²) < 4.78 is 5.53. The monoisotopic (exact) mass is 417 g/mol. The minimum atomic E-state index is -0.786. The van der Waals surface area contributed by atoms with E-state index in [-0.39, 0.29) is 24.2 Å². The number of carbonyl (C=O) groups is 2. The highest BCUT2D eigenvalue weighted by Crippen LogP contribution is 2.27. The highest BCUT2D eigenvalue weighted by atomic mass is 35.5. The van der Waals surface area contributed by atoms with E-state index in [1.54, 1.807) is 43.5 Å². The molecule has 1 aromatic carbocycles. The van der Waals surface area contributed by atoms with Crippen molar-refractivity contribution in [3.8, 4) is 5.75 Å². The maximum atomic E-state index is 12.1. The first-order valence-electron chi connectivity index (χ1n) is 9.82. The summed E-state index contributed by atoms with van der Waals surface area (Å²) in [6.45, 7) is 0.105. The van der Waals surface area contributed by atoms with Crippen molar-refractivity contribution in [3.63, 3.8) is 0 Å². The molecule has 0 heterocycles. The van der Waals surface area contributed by atoms with Gasteiger partial charge in [-0.25, -0.2) is 0 Å². The van der Waals surface area contributed by atoms with Crippen molar-refractivity contribution in [2.24, 2.45) is 5.92 Å². The summed E-state index contributed by atoms with van der Waals surface area (Å²) in [6.07, 6.45) is 11.7. The maximum absolute atomic E-state index is 12.1. The second-order valence-corrected chi connectivity index (χ2v) is 7.33. The van der Waals surface area contributed by atoms with Crippen LogP contribution in [0.4, 0.5) is 0 Å². The van der Waals surface area contributed by atoms with Crippen LogP contribution in [0.25, 0.3) is 0 Å². The fraction of sp³-hybridized carbons (Fsp3) is 0.391. The molecule has 0 saturated heterocycles. The number of aliphatic hydroxyl groups excluding tert-OH is 1. The third kappa shape index (κ3) is 8.26. The molecule has 0 aliphatic heterocycles. The zero-order valence-electron chi connectivity index (χ0n) is 16.6. The van der Waals surface area contributed by atoms with Crippen molar-refractivity contribution in [3.05, 3.63) is 65.2 Å². The Morgan fingerprint density at radius 1 is 1.41 bits per heavy atom. The number of carbonyl (C=O) groups excluding carboxylic acids is 2. The first-order valence-corrected chi connectivity index (χ1v) is 10.2. The smallest absolute Gasteiger partial charge is 0.219 e. The van der Waals surface area contributed by atoms with Gasteiger partial charge in [-0.05, 0) is 43.0 Å². The van der Waals surface area contributed by atoms with Gasteiger partial charge in [-0.1, -0.05) is 48.0 Å². The predicted molar refractivity (Wildman–Crippen MR) is 115 cm³/mol. The van der Waals surface area contributed by atoms with Crippen LogP contribution >= 0.6 is 11.6 Å². The van der Waals surface area contributed by atoms with E-state index in [4.69, 9.17) is 16.3 Å². The van der Waals surface area contributed by atoms with Gasteiger partial charge in [0.25, 0.3) is 0 Å². The van der Waals surface area contributed by atoms with Gasteiger partial charge in [-0.3, -0.25) is 9.59 Å². The number of rotatable bonds is 11. The van der Waals surface area contributed by atoms with Crippen LogP contribution in [0.3, 0.4) is 0 Å². The molecule has 1 aliphatic rings. The average molecular weight is 418 g/mol. The molecule has 1 amide bonds. The number of allylic oxidation sites excluding steroid dienone is 5. The van der Waals surface area contributed by atoms with Crippen LogP contribution in [0.15, 0.2) is 60.2 Å². The fourth-order valence-corrected chi connectivity index (χ4v) is 3.19. The van der Waals surface area contributed by atoms with Crippen LogP contribution in [0.2, 0.25) is 5.02 Å². The topological polar surface area (TPSA) is 75.6 Å². The second kappa shape index (κ2) is 12.2. The average Bonchev–Trinajstić information content (AvgIpc) is 3.06. The van der Waals surface area contributed by atoms with Gasteiger partial charge < -0.3 is 15.2 Å². The molecular formula is C23H28ClNO4. The molecule has 1 aromatic rings. The maximum Gasteiger partial charge on any atom is 0.219 e. The number of unbranched alkanes of at least 4 members (excludes halogenated alkanes) is 1. The van der Waals surface area contributed by atoms with Gasteiger partial charge in [0.1, 0.15) is 24.2 Å². The Kier molecular flexibility index (Phi) is 9.68. The molecule has 2 atom stereocenters. The van der Waals surface area contributed by atoms with E-state index in [1.165, 1.54) is 0 Å². The number of ether oxygens (including phenoxy) is 1. The molecule has 0 spiro atoms. The number of nitrogens with one attached hydrogen (secondary N) is 1. The summed E-state index contributed by atoms with van der Waals surface area (Å²) in [7, 11) is 1.63. The van der Waals surface area contributed by atoms with Gasteiger partial charge in [-0.15, -0.1) is 0 Å². The molecule has 29 heavy (non-hydrogen) atoms. The minimum Gasteiger partial charge on any atom is -0.491 e. The largest absolute Gasteiger partial charge is 0.491 e. The van der Waals surface area contributed by atoms with Gasteiger partial charge in [-0.2, -0.15) is 0 Å².